The van der Waals surface area contributed by atoms with E-state index in [0.29, 0.717) is 0 Å². The molecule has 0 saturated heterocycles. The van der Waals surface area contributed by atoms with Crippen LogP contribution in [0.15, 0.2) is 53.7 Å². The van der Waals surface area contributed by atoms with E-state index in [-0.39, 0.29) is 22.2 Å². The lowest BCUT2D eigenvalue weighted by molar-refractivity contribution is -0.141. The molecule has 0 aliphatic carbocycles. The molecule has 0 spiro atoms. The zero-order chi connectivity index (χ0) is 22.8. The number of aryl methyl sites for hydroxylation is 1. The van der Waals surface area contributed by atoms with Crippen molar-refractivity contribution < 1.29 is 26.4 Å². The minimum Gasteiger partial charge on any atom is -0.324 e. The molecular weight excluding hydrogens is 437 g/mol. The molecule has 1 amide bonds. The first-order valence-electron chi connectivity index (χ1n) is 8.81. The Bertz CT molecular complexity index is 1180. The smallest absolute Gasteiger partial charge is 0.324 e. The molecule has 0 aliphatic heterocycles. The fourth-order valence-corrected chi connectivity index (χ4v) is 3.58. The first-order valence-corrected chi connectivity index (χ1v) is 10.3. The number of nitrogens with zero attached hydrogens (tertiary/aromatic N) is 4. The van der Waals surface area contributed by atoms with E-state index in [9.17, 15) is 26.4 Å². The lowest BCUT2D eigenvalue weighted by Gasteiger charge is -2.15. The number of amides is 1. The molecule has 0 saturated carbocycles. The average Bonchev–Trinajstić information content (AvgIpc) is 3.10. The molecule has 2 N–H and O–H groups in total. The minimum absolute atomic E-state index is 0.0938. The molecule has 0 aliphatic rings. The van der Waals surface area contributed by atoms with Gasteiger partial charge in [0.25, 0.3) is 10.0 Å². The molecule has 1 unspecified atom stereocenters. The third kappa shape index (κ3) is 5.17. The van der Waals surface area contributed by atoms with Crippen molar-refractivity contribution >= 4 is 27.6 Å². The lowest BCUT2D eigenvalue weighted by atomic mass is 10.2. The van der Waals surface area contributed by atoms with Gasteiger partial charge in [-0.2, -0.15) is 18.3 Å². The summed E-state index contributed by atoms with van der Waals surface area (Å²) >= 11 is 0. The number of anilines is 2. The molecule has 0 fully saturated rings. The number of carbonyl (C=O) groups excluding carboxylic acids is 1. The van der Waals surface area contributed by atoms with Gasteiger partial charge in [0.1, 0.15) is 6.04 Å². The first kappa shape index (κ1) is 22.2. The van der Waals surface area contributed by atoms with Crippen LogP contribution < -0.4 is 10.0 Å². The Labute approximate surface area is 175 Å². The van der Waals surface area contributed by atoms with E-state index in [1.54, 1.807) is 0 Å². The van der Waals surface area contributed by atoms with Crippen molar-refractivity contribution in [3.05, 3.63) is 60.2 Å². The highest BCUT2D eigenvalue weighted by molar-refractivity contribution is 7.92. The second kappa shape index (κ2) is 8.34. The molecule has 164 valence electrons. The monoisotopic (exact) mass is 454 g/mol. The van der Waals surface area contributed by atoms with Gasteiger partial charge in [0.05, 0.1) is 4.90 Å². The van der Waals surface area contributed by atoms with Crippen molar-refractivity contribution in [2.24, 2.45) is 0 Å². The van der Waals surface area contributed by atoms with Gasteiger partial charge in [-0.15, -0.1) is 0 Å². The number of sulfonamides is 1. The fourth-order valence-electron chi connectivity index (χ4n) is 2.62. The summed E-state index contributed by atoms with van der Waals surface area (Å²) in [5.74, 6) is -0.715. The van der Waals surface area contributed by atoms with Crippen LogP contribution in [0, 0.1) is 6.92 Å². The summed E-state index contributed by atoms with van der Waals surface area (Å²) in [6, 6.07) is 6.57. The zero-order valence-electron chi connectivity index (χ0n) is 16.3. The number of rotatable bonds is 6. The molecule has 3 rings (SSSR count). The Balaban J connectivity index is 1.71. The van der Waals surface area contributed by atoms with E-state index in [4.69, 9.17) is 0 Å². The number of alkyl halides is 3. The van der Waals surface area contributed by atoms with Crippen LogP contribution in [0.5, 0.6) is 0 Å². The molecule has 0 bridgehead atoms. The number of nitrogens with one attached hydrogen (secondary N) is 2. The second-order valence-electron chi connectivity index (χ2n) is 6.48. The second-order valence-corrected chi connectivity index (χ2v) is 8.16. The van der Waals surface area contributed by atoms with Gasteiger partial charge in [-0.25, -0.2) is 23.1 Å². The molecule has 3 aromatic rings. The van der Waals surface area contributed by atoms with Crippen LogP contribution in [-0.2, 0) is 21.0 Å². The molecule has 13 heteroatoms. The van der Waals surface area contributed by atoms with Gasteiger partial charge in [-0.3, -0.25) is 9.48 Å². The number of aromatic nitrogens is 4. The van der Waals surface area contributed by atoms with E-state index in [0.717, 1.165) is 10.7 Å². The lowest BCUT2D eigenvalue weighted by Crippen LogP contribution is -2.25. The quantitative estimate of drug-likeness (QED) is 0.591. The highest BCUT2D eigenvalue weighted by atomic mass is 32.2. The van der Waals surface area contributed by atoms with E-state index in [2.05, 4.69) is 25.1 Å². The summed E-state index contributed by atoms with van der Waals surface area (Å²) in [5, 5.41) is 5.98. The molecule has 2 heterocycles. The van der Waals surface area contributed by atoms with Gasteiger partial charge in [-0.1, -0.05) is 0 Å². The predicted octanol–water partition coefficient (Wildman–Crippen LogP) is 3.00. The fraction of sp³-hybridized carbons (Fsp3) is 0.222. The van der Waals surface area contributed by atoms with Crippen LogP contribution in [0.3, 0.4) is 0 Å². The van der Waals surface area contributed by atoms with E-state index in [1.807, 2.05) is 0 Å². The van der Waals surface area contributed by atoms with Crippen molar-refractivity contribution in [1.29, 1.82) is 0 Å². The van der Waals surface area contributed by atoms with Gasteiger partial charge in [0, 0.05) is 23.8 Å². The van der Waals surface area contributed by atoms with Crippen molar-refractivity contribution in [2.75, 3.05) is 10.0 Å². The third-order valence-corrected chi connectivity index (χ3v) is 5.53. The number of hydrogen-bond acceptors (Lipinski definition) is 6. The Morgan fingerprint density at radius 1 is 1.13 bits per heavy atom. The van der Waals surface area contributed by atoms with E-state index >= 15 is 0 Å². The summed E-state index contributed by atoms with van der Waals surface area (Å²) in [5.41, 5.74) is -0.660. The molecule has 31 heavy (non-hydrogen) atoms. The number of halogens is 3. The Hall–Kier alpha value is -3.48. The minimum atomic E-state index is -4.62. The number of benzene rings is 1. The molecular formula is C18H17F3N6O3S. The molecule has 1 atom stereocenters. The van der Waals surface area contributed by atoms with Crippen LogP contribution in [0.4, 0.5) is 24.8 Å². The van der Waals surface area contributed by atoms with Gasteiger partial charge in [-0.05, 0) is 50.2 Å². The van der Waals surface area contributed by atoms with Gasteiger partial charge < -0.3 is 5.32 Å². The topological polar surface area (TPSA) is 119 Å². The summed E-state index contributed by atoms with van der Waals surface area (Å²) in [7, 11) is -3.94. The summed E-state index contributed by atoms with van der Waals surface area (Å²) in [4.78, 5) is 19.9. The molecule has 2 aromatic heterocycles. The highest BCUT2D eigenvalue weighted by Gasteiger charge is 2.35. The molecule has 1 aromatic carbocycles. The SMILES string of the molecule is Cc1cc(C(F)(F)F)nn1C(C)C(=O)Nc1ccc(S(=O)(=O)Nc2ncccn2)cc1. The normalized spacial score (nSPS) is 12.9. The summed E-state index contributed by atoms with van der Waals surface area (Å²) in [6.45, 7) is 2.81. The molecule has 9 nitrogen and oxygen atoms in total. The highest BCUT2D eigenvalue weighted by Crippen LogP contribution is 2.29. The Kier molecular flexibility index (Phi) is 5.97. The Morgan fingerprint density at radius 2 is 1.74 bits per heavy atom. The van der Waals surface area contributed by atoms with Gasteiger partial charge >= 0.3 is 6.18 Å². The zero-order valence-corrected chi connectivity index (χ0v) is 17.1. The average molecular weight is 454 g/mol. The number of hydrogen-bond donors (Lipinski definition) is 2. The Morgan fingerprint density at radius 3 is 2.29 bits per heavy atom. The summed E-state index contributed by atoms with van der Waals surface area (Å²) in [6.07, 6.45) is -1.86. The van der Waals surface area contributed by atoms with E-state index < -0.39 is 33.8 Å². The maximum absolute atomic E-state index is 12.8. The maximum atomic E-state index is 12.8. The predicted molar refractivity (Wildman–Crippen MR) is 105 cm³/mol. The van der Waals surface area contributed by atoms with Crippen LogP contribution >= 0.6 is 0 Å². The largest absolute Gasteiger partial charge is 0.435 e. The van der Waals surface area contributed by atoms with Crippen LogP contribution in [0.2, 0.25) is 0 Å². The van der Waals surface area contributed by atoms with Crippen molar-refractivity contribution in [1.82, 2.24) is 19.7 Å². The molecule has 0 radical (unpaired) electrons. The standard InChI is InChI=1S/C18H17F3N6O3S/c1-11-10-15(18(19,20)21)25-27(11)12(2)16(28)24-13-4-6-14(7-5-13)31(29,30)26-17-22-8-3-9-23-17/h3-10,12H,1-2H3,(H,24,28)(H,22,23,26). The first-order chi connectivity index (χ1) is 14.5. The maximum Gasteiger partial charge on any atom is 0.435 e. The van der Waals surface area contributed by atoms with Gasteiger partial charge in [0.15, 0.2) is 5.69 Å². The summed E-state index contributed by atoms with van der Waals surface area (Å²) < 4.78 is 66.4. The van der Waals surface area contributed by atoms with Crippen molar-refractivity contribution in [3.63, 3.8) is 0 Å². The van der Waals surface area contributed by atoms with Crippen molar-refractivity contribution in [2.45, 2.75) is 31.0 Å². The third-order valence-electron chi connectivity index (χ3n) is 4.18. The number of carbonyl (C=O) groups is 1. The van der Waals surface area contributed by atoms with E-state index in [1.165, 1.54) is 56.6 Å². The van der Waals surface area contributed by atoms with Crippen LogP contribution in [0.25, 0.3) is 0 Å². The van der Waals surface area contributed by atoms with Crippen LogP contribution in [0.1, 0.15) is 24.4 Å². The van der Waals surface area contributed by atoms with Crippen LogP contribution in [-0.4, -0.2) is 34.1 Å². The van der Waals surface area contributed by atoms with Crippen molar-refractivity contribution in [3.8, 4) is 0 Å². The van der Waals surface area contributed by atoms with Gasteiger partial charge in [0.2, 0.25) is 11.9 Å².